The summed E-state index contributed by atoms with van der Waals surface area (Å²) in [5.41, 5.74) is 10.5. The van der Waals surface area contributed by atoms with Crippen molar-refractivity contribution in [3.05, 3.63) is 81.2 Å². The number of rotatable bonds is 2. The van der Waals surface area contributed by atoms with E-state index in [1.165, 1.54) is 0 Å². The molecule has 0 spiro atoms. The highest BCUT2D eigenvalue weighted by Gasteiger charge is 2.48. The first-order valence-electron chi connectivity index (χ1n) is 9.12. The van der Waals surface area contributed by atoms with Crippen LogP contribution in [0.4, 0.5) is 0 Å². The van der Waals surface area contributed by atoms with Gasteiger partial charge in [0.2, 0.25) is 0 Å². The zero-order chi connectivity index (χ0) is 20.2. The van der Waals surface area contributed by atoms with E-state index in [0.717, 1.165) is 5.56 Å². The lowest BCUT2D eigenvalue weighted by Gasteiger charge is -2.45. The van der Waals surface area contributed by atoms with Gasteiger partial charge in [-0.15, -0.1) is 0 Å². The lowest BCUT2D eigenvalue weighted by molar-refractivity contribution is -0.300. The fourth-order valence-electron chi connectivity index (χ4n) is 3.42. The Morgan fingerprint density at radius 3 is 2.72 bits per heavy atom. The van der Waals surface area contributed by atoms with Gasteiger partial charge in [-0.3, -0.25) is 0 Å². The summed E-state index contributed by atoms with van der Waals surface area (Å²) in [7, 11) is 0. The first kappa shape index (κ1) is 19.7. The van der Waals surface area contributed by atoms with Crippen LogP contribution in [0.1, 0.15) is 17.4 Å². The molecule has 1 unspecified atom stereocenters. The van der Waals surface area contributed by atoms with Crippen molar-refractivity contribution in [1.82, 2.24) is 0 Å². The first-order chi connectivity index (χ1) is 14.2. The number of halogens is 1. The molecule has 2 aliphatic heterocycles. The van der Waals surface area contributed by atoms with E-state index in [1.54, 1.807) is 24.3 Å². The molecule has 0 saturated carbocycles. The highest BCUT2D eigenvalue weighted by Crippen LogP contribution is 2.35. The Bertz CT molecular complexity index is 971. The number of azide groups is 1. The Labute approximate surface area is 172 Å². The Kier molecular flexibility index (Phi) is 6.02. The average molecular weight is 412 g/mol. The van der Waals surface area contributed by atoms with Gasteiger partial charge in [-0.1, -0.05) is 65.0 Å². The number of fused-ring (bicyclic) bond motifs is 1. The molecule has 2 aromatic rings. The molecule has 7 nitrogen and oxygen atoms in total. The van der Waals surface area contributed by atoms with Crippen molar-refractivity contribution in [3.8, 4) is 11.8 Å². The Morgan fingerprint density at radius 1 is 1.14 bits per heavy atom. The molecule has 2 aliphatic rings. The third kappa shape index (κ3) is 4.39. The van der Waals surface area contributed by atoms with Crippen LogP contribution in [-0.4, -0.2) is 42.2 Å². The van der Waals surface area contributed by atoms with E-state index in [9.17, 15) is 5.11 Å². The lowest BCUT2D eigenvalue weighted by atomic mass is 9.92. The first-order valence-corrected chi connectivity index (χ1v) is 9.50. The standard InChI is InChI=1S/C21H18ClN3O4/c22-15-8-4-5-13(11-15)9-10-16-19(26)18(24-25-23)20-17(28-16)12-27-21(29-20)14-6-2-1-3-7-14/h1-8,11,16-21,26H,12H2/t16-,17+,18+,19-,20-,21?/m0/s1. The Hall–Kier alpha value is -2.56. The fraction of sp³-hybridized carbons (Fsp3) is 0.333. The molecule has 1 N–H and O–H groups in total. The quantitative estimate of drug-likeness (QED) is 0.353. The van der Waals surface area contributed by atoms with Gasteiger partial charge in [0.15, 0.2) is 6.29 Å². The molecular weight excluding hydrogens is 394 g/mol. The van der Waals surface area contributed by atoms with Crippen LogP contribution in [0.3, 0.4) is 0 Å². The molecule has 0 aliphatic carbocycles. The van der Waals surface area contributed by atoms with Gasteiger partial charge in [-0.05, 0) is 23.7 Å². The largest absolute Gasteiger partial charge is 0.389 e. The minimum atomic E-state index is -1.15. The van der Waals surface area contributed by atoms with Crippen molar-refractivity contribution < 1.29 is 19.3 Å². The van der Waals surface area contributed by atoms with Gasteiger partial charge in [0.05, 0.1) is 12.6 Å². The second-order valence-corrected chi connectivity index (χ2v) is 7.17. The topological polar surface area (TPSA) is 96.7 Å². The summed E-state index contributed by atoms with van der Waals surface area (Å²) in [5, 5.41) is 15.1. The number of hydrogen-bond acceptors (Lipinski definition) is 5. The van der Waals surface area contributed by atoms with Crippen molar-refractivity contribution in [2.24, 2.45) is 5.11 Å². The molecule has 29 heavy (non-hydrogen) atoms. The molecule has 2 aromatic carbocycles. The maximum absolute atomic E-state index is 10.7. The SMILES string of the molecule is [N-]=[N+]=N[C@@H]1[C@@H](O)[C@H](C#Cc2cccc(Cl)c2)O[C@@H]2COC(c3ccccc3)O[C@H]12. The summed E-state index contributed by atoms with van der Waals surface area (Å²) in [6, 6.07) is 15.6. The maximum Gasteiger partial charge on any atom is 0.184 e. The number of aliphatic hydroxyl groups is 1. The number of benzene rings is 2. The predicted octanol–water partition coefficient (Wildman–Crippen LogP) is 3.61. The van der Waals surface area contributed by atoms with E-state index in [1.807, 2.05) is 30.3 Å². The van der Waals surface area contributed by atoms with E-state index in [0.29, 0.717) is 10.6 Å². The molecule has 6 atom stereocenters. The van der Waals surface area contributed by atoms with Gasteiger partial charge in [0.1, 0.15) is 24.4 Å². The molecule has 0 aromatic heterocycles. The van der Waals surface area contributed by atoms with E-state index in [4.69, 9.17) is 31.3 Å². The molecule has 0 radical (unpaired) electrons. The van der Waals surface area contributed by atoms with Crippen LogP contribution >= 0.6 is 11.6 Å². The molecule has 8 heteroatoms. The average Bonchev–Trinajstić information content (AvgIpc) is 2.75. The van der Waals surface area contributed by atoms with Crippen LogP contribution in [0, 0.1) is 11.8 Å². The monoisotopic (exact) mass is 411 g/mol. The number of hydrogen-bond donors (Lipinski definition) is 1. The molecule has 0 amide bonds. The van der Waals surface area contributed by atoms with Gasteiger partial charge >= 0.3 is 0 Å². The summed E-state index contributed by atoms with van der Waals surface area (Å²) in [6.07, 6.45) is -3.80. The van der Waals surface area contributed by atoms with Gasteiger partial charge in [0, 0.05) is 21.1 Å². The van der Waals surface area contributed by atoms with Gasteiger partial charge in [-0.25, -0.2) is 0 Å². The number of nitrogens with zero attached hydrogens (tertiary/aromatic N) is 3. The van der Waals surface area contributed by atoms with E-state index < -0.39 is 36.7 Å². The van der Waals surface area contributed by atoms with Crippen LogP contribution < -0.4 is 0 Å². The summed E-state index contributed by atoms with van der Waals surface area (Å²) in [5.74, 6) is 5.85. The molecule has 2 heterocycles. The Balaban J connectivity index is 1.55. The molecule has 2 fully saturated rings. The van der Waals surface area contributed by atoms with Crippen LogP contribution in [0.15, 0.2) is 59.7 Å². The van der Waals surface area contributed by atoms with Crippen LogP contribution in [0.25, 0.3) is 10.4 Å². The minimum Gasteiger partial charge on any atom is -0.389 e. The molecule has 148 valence electrons. The van der Waals surface area contributed by atoms with Gasteiger partial charge in [0.25, 0.3) is 0 Å². The molecule has 2 saturated heterocycles. The summed E-state index contributed by atoms with van der Waals surface area (Å²) < 4.78 is 17.7. The van der Waals surface area contributed by atoms with Crippen molar-refractivity contribution in [1.29, 1.82) is 0 Å². The second-order valence-electron chi connectivity index (χ2n) is 6.74. The van der Waals surface area contributed by atoms with Crippen LogP contribution in [0.2, 0.25) is 5.02 Å². The third-order valence-electron chi connectivity index (χ3n) is 4.82. The Morgan fingerprint density at radius 2 is 1.97 bits per heavy atom. The summed E-state index contributed by atoms with van der Waals surface area (Å²) >= 11 is 5.98. The third-order valence-corrected chi connectivity index (χ3v) is 5.05. The highest BCUT2D eigenvalue weighted by molar-refractivity contribution is 6.30. The minimum absolute atomic E-state index is 0.226. The van der Waals surface area contributed by atoms with Crippen molar-refractivity contribution >= 4 is 11.6 Å². The lowest BCUT2D eigenvalue weighted by Crippen LogP contribution is -2.60. The second kappa shape index (κ2) is 8.85. The number of aliphatic hydroxyl groups excluding tert-OH is 1. The van der Waals surface area contributed by atoms with E-state index in [-0.39, 0.29) is 6.61 Å². The molecule has 4 rings (SSSR count). The number of ether oxygens (including phenoxy) is 3. The predicted molar refractivity (Wildman–Crippen MR) is 106 cm³/mol. The smallest absolute Gasteiger partial charge is 0.184 e. The zero-order valence-corrected chi connectivity index (χ0v) is 16.0. The summed E-state index contributed by atoms with van der Waals surface area (Å²) in [6.45, 7) is 0.226. The molecular formula is C21H18ClN3O4. The fourth-order valence-corrected chi connectivity index (χ4v) is 3.62. The highest BCUT2D eigenvalue weighted by atomic mass is 35.5. The van der Waals surface area contributed by atoms with E-state index in [2.05, 4.69) is 21.9 Å². The maximum atomic E-state index is 10.7. The summed E-state index contributed by atoms with van der Waals surface area (Å²) in [4.78, 5) is 2.89. The van der Waals surface area contributed by atoms with Gasteiger partial charge < -0.3 is 19.3 Å². The van der Waals surface area contributed by atoms with Crippen molar-refractivity contribution in [2.45, 2.75) is 36.7 Å². The van der Waals surface area contributed by atoms with Gasteiger partial charge in [-0.2, -0.15) is 0 Å². The van der Waals surface area contributed by atoms with E-state index >= 15 is 0 Å². The normalized spacial score (nSPS) is 31.0. The van der Waals surface area contributed by atoms with Crippen LogP contribution in [-0.2, 0) is 14.2 Å². The van der Waals surface area contributed by atoms with Crippen molar-refractivity contribution in [2.75, 3.05) is 6.61 Å². The zero-order valence-electron chi connectivity index (χ0n) is 15.3. The van der Waals surface area contributed by atoms with Crippen LogP contribution in [0.5, 0.6) is 0 Å². The molecule has 0 bridgehead atoms. The van der Waals surface area contributed by atoms with Crippen molar-refractivity contribution in [3.63, 3.8) is 0 Å².